The Hall–Kier alpha value is -1.73. The molecule has 16 heavy (non-hydrogen) atoms. The molecule has 0 saturated heterocycles. The van der Waals surface area contributed by atoms with Crippen LogP contribution in [-0.2, 0) is 0 Å². The normalized spacial score (nSPS) is 10.1. The fourth-order valence-corrected chi connectivity index (χ4v) is 1.31. The smallest absolute Gasteiger partial charge is 0.142 e. The molecule has 0 heterocycles. The van der Waals surface area contributed by atoms with Crippen molar-refractivity contribution < 1.29 is 4.74 Å². The molecular formula is C12H17N3O. The van der Waals surface area contributed by atoms with E-state index in [1.807, 2.05) is 20.2 Å². The van der Waals surface area contributed by atoms with Crippen molar-refractivity contribution in [1.82, 2.24) is 4.90 Å². The van der Waals surface area contributed by atoms with Crippen LogP contribution in [0, 0.1) is 11.3 Å². The van der Waals surface area contributed by atoms with E-state index in [0.29, 0.717) is 23.6 Å². The van der Waals surface area contributed by atoms with Gasteiger partial charge >= 0.3 is 0 Å². The van der Waals surface area contributed by atoms with Crippen LogP contribution < -0.4 is 10.5 Å². The molecule has 1 aromatic carbocycles. The zero-order valence-electron chi connectivity index (χ0n) is 9.73. The fraction of sp³-hybridized carbons (Fsp3) is 0.417. The molecule has 0 aromatic heterocycles. The molecule has 0 unspecified atom stereocenters. The molecule has 0 aliphatic rings. The largest absolute Gasteiger partial charge is 0.491 e. The van der Waals surface area contributed by atoms with Crippen LogP contribution in [0.5, 0.6) is 5.75 Å². The highest BCUT2D eigenvalue weighted by Gasteiger charge is 2.01. The number of ether oxygens (including phenoxy) is 1. The van der Waals surface area contributed by atoms with Crippen molar-refractivity contribution in [2.45, 2.75) is 6.42 Å². The molecule has 0 spiro atoms. The first-order valence-electron chi connectivity index (χ1n) is 5.20. The summed E-state index contributed by atoms with van der Waals surface area (Å²) in [7, 11) is 4.05. The molecular weight excluding hydrogens is 202 g/mol. The summed E-state index contributed by atoms with van der Waals surface area (Å²) >= 11 is 0. The van der Waals surface area contributed by atoms with Crippen molar-refractivity contribution in [3.05, 3.63) is 23.8 Å². The number of hydrogen-bond acceptors (Lipinski definition) is 4. The zero-order chi connectivity index (χ0) is 12.0. The second kappa shape index (κ2) is 5.99. The van der Waals surface area contributed by atoms with E-state index in [4.69, 9.17) is 15.7 Å². The monoisotopic (exact) mass is 219 g/mol. The Morgan fingerprint density at radius 2 is 2.19 bits per heavy atom. The minimum atomic E-state index is 0.518. The van der Waals surface area contributed by atoms with Crippen LogP contribution in [0.4, 0.5) is 5.69 Å². The number of benzene rings is 1. The van der Waals surface area contributed by atoms with Gasteiger partial charge in [-0.25, -0.2) is 0 Å². The fourth-order valence-electron chi connectivity index (χ4n) is 1.31. The Bertz CT molecular complexity index is 382. The van der Waals surface area contributed by atoms with Crippen molar-refractivity contribution in [1.29, 1.82) is 5.26 Å². The van der Waals surface area contributed by atoms with E-state index in [1.165, 1.54) is 0 Å². The van der Waals surface area contributed by atoms with Crippen molar-refractivity contribution in [3.8, 4) is 11.8 Å². The summed E-state index contributed by atoms with van der Waals surface area (Å²) in [5.74, 6) is 0.651. The van der Waals surface area contributed by atoms with Crippen LogP contribution in [0.15, 0.2) is 18.2 Å². The first-order chi connectivity index (χ1) is 7.63. The maximum atomic E-state index is 8.68. The van der Waals surface area contributed by atoms with Gasteiger partial charge in [-0.05, 0) is 38.7 Å². The van der Waals surface area contributed by atoms with Crippen LogP contribution in [0.1, 0.15) is 12.0 Å². The van der Waals surface area contributed by atoms with Gasteiger partial charge in [-0.1, -0.05) is 0 Å². The predicted octanol–water partition coefficient (Wildman–Crippen LogP) is 1.47. The summed E-state index contributed by atoms with van der Waals surface area (Å²) in [5, 5.41) is 8.68. The number of nitrogens with zero attached hydrogens (tertiary/aromatic N) is 2. The molecule has 0 fully saturated rings. The number of nitrogens with two attached hydrogens (primary N) is 1. The van der Waals surface area contributed by atoms with Gasteiger partial charge in [0.1, 0.15) is 5.75 Å². The molecule has 1 aromatic rings. The van der Waals surface area contributed by atoms with Gasteiger partial charge in [-0.2, -0.15) is 5.26 Å². The number of anilines is 1. The molecule has 1 rings (SSSR count). The third-order valence-corrected chi connectivity index (χ3v) is 2.15. The van der Waals surface area contributed by atoms with Gasteiger partial charge in [0.05, 0.1) is 23.9 Å². The summed E-state index contributed by atoms with van der Waals surface area (Å²) in [5.41, 5.74) is 6.82. The molecule has 4 nitrogen and oxygen atoms in total. The maximum Gasteiger partial charge on any atom is 0.142 e. The standard InChI is InChI=1S/C12H17N3O/c1-15(2)6-3-7-16-12-5-4-10(9-13)8-11(12)14/h4-5,8H,3,6-7,14H2,1-2H3. The molecule has 2 N–H and O–H groups in total. The molecule has 0 aliphatic carbocycles. The SMILES string of the molecule is CN(C)CCCOc1ccc(C#N)cc1N. The lowest BCUT2D eigenvalue weighted by molar-refractivity contribution is 0.283. The average Bonchev–Trinajstić information content (AvgIpc) is 2.25. The van der Waals surface area contributed by atoms with E-state index in [0.717, 1.165) is 13.0 Å². The molecule has 0 bridgehead atoms. The topological polar surface area (TPSA) is 62.3 Å². The summed E-state index contributed by atoms with van der Waals surface area (Å²) in [4.78, 5) is 2.10. The third-order valence-electron chi connectivity index (χ3n) is 2.15. The van der Waals surface area contributed by atoms with E-state index in [2.05, 4.69) is 4.90 Å². The van der Waals surface area contributed by atoms with Crippen molar-refractivity contribution in [2.75, 3.05) is 33.0 Å². The van der Waals surface area contributed by atoms with Crippen molar-refractivity contribution >= 4 is 5.69 Å². The van der Waals surface area contributed by atoms with Gasteiger partial charge < -0.3 is 15.4 Å². The number of rotatable bonds is 5. The molecule has 86 valence electrons. The molecule has 0 radical (unpaired) electrons. The molecule has 0 aliphatic heterocycles. The third kappa shape index (κ3) is 3.79. The maximum absolute atomic E-state index is 8.68. The minimum absolute atomic E-state index is 0.518. The average molecular weight is 219 g/mol. The summed E-state index contributed by atoms with van der Waals surface area (Å²) in [6, 6.07) is 7.11. The van der Waals surface area contributed by atoms with E-state index in [-0.39, 0.29) is 0 Å². The highest BCUT2D eigenvalue weighted by atomic mass is 16.5. The quantitative estimate of drug-likeness (QED) is 0.601. The van der Waals surface area contributed by atoms with Crippen molar-refractivity contribution in [3.63, 3.8) is 0 Å². The predicted molar refractivity (Wildman–Crippen MR) is 64.2 cm³/mol. The lowest BCUT2D eigenvalue weighted by Gasteiger charge is -2.11. The summed E-state index contributed by atoms with van der Waals surface area (Å²) in [6.45, 7) is 1.62. The number of hydrogen-bond donors (Lipinski definition) is 1. The highest BCUT2D eigenvalue weighted by Crippen LogP contribution is 2.22. The molecule has 4 heteroatoms. The first-order valence-corrected chi connectivity index (χ1v) is 5.20. The number of nitrogen functional groups attached to an aromatic ring is 1. The van der Waals surface area contributed by atoms with Crippen LogP contribution in [0.25, 0.3) is 0 Å². The minimum Gasteiger partial charge on any atom is -0.491 e. The Labute approximate surface area is 96.2 Å². The van der Waals surface area contributed by atoms with Gasteiger partial charge in [-0.3, -0.25) is 0 Å². The van der Waals surface area contributed by atoms with E-state index in [1.54, 1.807) is 18.2 Å². The zero-order valence-corrected chi connectivity index (χ0v) is 9.73. The molecule has 0 atom stereocenters. The lowest BCUT2D eigenvalue weighted by atomic mass is 10.2. The van der Waals surface area contributed by atoms with E-state index >= 15 is 0 Å². The van der Waals surface area contributed by atoms with Gasteiger partial charge in [0, 0.05) is 6.54 Å². The Morgan fingerprint density at radius 1 is 1.44 bits per heavy atom. The van der Waals surface area contributed by atoms with Gasteiger partial charge in [0.25, 0.3) is 0 Å². The second-order valence-electron chi connectivity index (χ2n) is 3.87. The van der Waals surface area contributed by atoms with Gasteiger partial charge in [-0.15, -0.1) is 0 Å². The second-order valence-corrected chi connectivity index (χ2v) is 3.87. The molecule has 0 amide bonds. The Balaban J connectivity index is 2.46. The van der Waals surface area contributed by atoms with Gasteiger partial charge in [0.15, 0.2) is 0 Å². The van der Waals surface area contributed by atoms with Gasteiger partial charge in [0.2, 0.25) is 0 Å². The van der Waals surface area contributed by atoms with Crippen LogP contribution >= 0.6 is 0 Å². The Morgan fingerprint density at radius 3 is 2.75 bits per heavy atom. The van der Waals surface area contributed by atoms with Crippen LogP contribution in [0.2, 0.25) is 0 Å². The first kappa shape index (κ1) is 12.3. The summed E-state index contributed by atoms with van der Waals surface area (Å²) in [6.07, 6.45) is 0.951. The van der Waals surface area contributed by atoms with Crippen LogP contribution in [-0.4, -0.2) is 32.1 Å². The summed E-state index contributed by atoms with van der Waals surface area (Å²) < 4.78 is 5.53. The van der Waals surface area contributed by atoms with E-state index in [9.17, 15) is 0 Å². The number of nitriles is 1. The van der Waals surface area contributed by atoms with Crippen molar-refractivity contribution in [2.24, 2.45) is 0 Å². The Kier molecular flexibility index (Phi) is 4.62. The molecule has 0 saturated carbocycles. The highest BCUT2D eigenvalue weighted by molar-refractivity contribution is 5.56. The van der Waals surface area contributed by atoms with Crippen LogP contribution in [0.3, 0.4) is 0 Å². The lowest BCUT2D eigenvalue weighted by Crippen LogP contribution is -2.15. The van der Waals surface area contributed by atoms with E-state index < -0.39 is 0 Å².